The maximum atomic E-state index is 11.6. The van der Waals surface area contributed by atoms with Gasteiger partial charge in [-0.2, -0.15) is 0 Å². The van der Waals surface area contributed by atoms with Gasteiger partial charge in [-0.05, 0) is 36.4 Å². The van der Waals surface area contributed by atoms with Crippen LogP contribution in [0.15, 0.2) is 42.0 Å². The molecule has 2 rings (SSSR count). The molecule has 1 aliphatic rings. The number of hydrogen-bond acceptors (Lipinski definition) is 2. The van der Waals surface area contributed by atoms with Gasteiger partial charge >= 0.3 is 0 Å². The third-order valence-electron chi connectivity index (χ3n) is 3.52. The second-order valence-electron chi connectivity index (χ2n) is 6.20. The van der Waals surface area contributed by atoms with E-state index in [2.05, 4.69) is 43.4 Å². The van der Waals surface area contributed by atoms with Crippen LogP contribution in [-0.2, 0) is 11.3 Å². The minimum Gasteiger partial charge on any atom is -0.312 e. The summed E-state index contributed by atoms with van der Waals surface area (Å²) in [4.78, 5) is 11.6. The first-order valence-corrected chi connectivity index (χ1v) is 7.02. The Kier molecular flexibility index (Phi) is 4.54. The minimum atomic E-state index is 0.139. The molecular weight excluding hydrogens is 234 g/mol. The standard InChI is InChI=1S/C17H23NO/c1-17(2)11-15(10-16(19)12-17)8-9-18-13-14-6-4-3-5-7-14/h3-7,10,18H,8-9,11-13H2,1-2H3. The highest BCUT2D eigenvalue weighted by atomic mass is 16.1. The molecule has 0 fully saturated rings. The van der Waals surface area contributed by atoms with Crippen LogP contribution in [0, 0.1) is 5.41 Å². The zero-order valence-electron chi connectivity index (χ0n) is 11.9. The van der Waals surface area contributed by atoms with Crippen molar-refractivity contribution in [3.8, 4) is 0 Å². The van der Waals surface area contributed by atoms with Crippen LogP contribution in [0.4, 0.5) is 0 Å². The normalized spacial score (nSPS) is 18.2. The molecule has 1 aliphatic carbocycles. The Morgan fingerprint density at radius 3 is 2.58 bits per heavy atom. The molecule has 2 heteroatoms. The Hall–Kier alpha value is -1.41. The molecule has 1 aromatic carbocycles. The fourth-order valence-corrected chi connectivity index (χ4v) is 2.72. The Morgan fingerprint density at radius 2 is 1.89 bits per heavy atom. The number of rotatable bonds is 5. The fraction of sp³-hybridized carbons (Fsp3) is 0.471. The van der Waals surface area contributed by atoms with Crippen LogP contribution in [0.1, 0.15) is 38.7 Å². The molecule has 1 aromatic rings. The highest BCUT2D eigenvalue weighted by molar-refractivity contribution is 5.91. The largest absolute Gasteiger partial charge is 0.312 e. The topological polar surface area (TPSA) is 29.1 Å². The lowest BCUT2D eigenvalue weighted by Crippen LogP contribution is -2.23. The molecule has 0 heterocycles. The zero-order valence-corrected chi connectivity index (χ0v) is 11.9. The van der Waals surface area contributed by atoms with Crippen LogP contribution in [0.3, 0.4) is 0 Å². The van der Waals surface area contributed by atoms with Crippen LogP contribution in [0.2, 0.25) is 0 Å². The van der Waals surface area contributed by atoms with Crippen molar-refractivity contribution in [3.05, 3.63) is 47.5 Å². The van der Waals surface area contributed by atoms with Gasteiger partial charge in [0.25, 0.3) is 0 Å². The Balaban J connectivity index is 1.75. The van der Waals surface area contributed by atoms with E-state index in [0.717, 1.165) is 25.9 Å². The first-order chi connectivity index (χ1) is 9.05. The average Bonchev–Trinajstić information content (AvgIpc) is 2.33. The smallest absolute Gasteiger partial charge is 0.156 e. The van der Waals surface area contributed by atoms with E-state index in [0.29, 0.717) is 6.42 Å². The highest BCUT2D eigenvalue weighted by Crippen LogP contribution is 2.34. The molecule has 0 radical (unpaired) electrons. The molecule has 0 amide bonds. The average molecular weight is 257 g/mol. The second-order valence-corrected chi connectivity index (χ2v) is 6.20. The predicted molar refractivity (Wildman–Crippen MR) is 78.9 cm³/mol. The van der Waals surface area contributed by atoms with Crippen molar-refractivity contribution >= 4 is 5.78 Å². The molecular formula is C17H23NO. The minimum absolute atomic E-state index is 0.139. The van der Waals surface area contributed by atoms with Crippen LogP contribution < -0.4 is 5.32 Å². The van der Waals surface area contributed by atoms with E-state index in [1.165, 1.54) is 11.1 Å². The van der Waals surface area contributed by atoms with Crippen LogP contribution in [0.5, 0.6) is 0 Å². The maximum Gasteiger partial charge on any atom is 0.156 e. The molecule has 19 heavy (non-hydrogen) atoms. The lowest BCUT2D eigenvalue weighted by Gasteiger charge is -2.28. The van der Waals surface area contributed by atoms with Crippen molar-refractivity contribution in [1.82, 2.24) is 5.32 Å². The summed E-state index contributed by atoms with van der Waals surface area (Å²) in [6.45, 7) is 6.18. The summed E-state index contributed by atoms with van der Waals surface area (Å²) < 4.78 is 0. The summed E-state index contributed by atoms with van der Waals surface area (Å²) in [6.07, 6.45) is 4.57. The SMILES string of the molecule is CC1(C)CC(=O)C=C(CCNCc2ccccc2)C1. The summed E-state index contributed by atoms with van der Waals surface area (Å²) in [5, 5.41) is 3.44. The van der Waals surface area contributed by atoms with Crippen LogP contribution in [0.25, 0.3) is 0 Å². The van der Waals surface area contributed by atoms with Crippen molar-refractivity contribution < 1.29 is 4.79 Å². The summed E-state index contributed by atoms with van der Waals surface area (Å²) in [6, 6.07) is 10.4. The molecule has 0 bridgehead atoms. The molecule has 0 unspecified atom stereocenters. The van der Waals surface area contributed by atoms with Gasteiger partial charge in [0.1, 0.15) is 0 Å². The van der Waals surface area contributed by atoms with Crippen LogP contribution >= 0.6 is 0 Å². The molecule has 0 aliphatic heterocycles. The Morgan fingerprint density at radius 1 is 1.16 bits per heavy atom. The summed E-state index contributed by atoms with van der Waals surface area (Å²) in [5.41, 5.74) is 2.74. The van der Waals surface area contributed by atoms with E-state index < -0.39 is 0 Å². The first-order valence-electron chi connectivity index (χ1n) is 7.02. The van der Waals surface area contributed by atoms with E-state index in [1.807, 2.05) is 12.1 Å². The Labute approximate surface area is 115 Å². The number of carbonyl (C=O) groups excluding carboxylic acids is 1. The number of carbonyl (C=O) groups is 1. The number of benzene rings is 1. The van der Waals surface area contributed by atoms with Crippen molar-refractivity contribution in [2.24, 2.45) is 5.41 Å². The lowest BCUT2D eigenvalue weighted by atomic mass is 9.76. The van der Waals surface area contributed by atoms with Crippen molar-refractivity contribution in [1.29, 1.82) is 0 Å². The molecule has 0 atom stereocenters. The van der Waals surface area contributed by atoms with E-state index in [4.69, 9.17) is 0 Å². The fourth-order valence-electron chi connectivity index (χ4n) is 2.72. The molecule has 1 N–H and O–H groups in total. The number of nitrogens with one attached hydrogen (secondary N) is 1. The second kappa shape index (κ2) is 6.16. The van der Waals surface area contributed by atoms with Gasteiger partial charge in [-0.25, -0.2) is 0 Å². The van der Waals surface area contributed by atoms with E-state index >= 15 is 0 Å². The highest BCUT2D eigenvalue weighted by Gasteiger charge is 2.26. The summed E-state index contributed by atoms with van der Waals surface area (Å²) in [7, 11) is 0. The van der Waals surface area contributed by atoms with Gasteiger partial charge in [-0.3, -0.25) is 4.79 Å². The maximum absolute atomic E-state index is 11.6. The van der Waals surface area contributed by atoms with Gasteiger partial charge in [0.2, 0.25) is 0 Å². The quantitative estimate of drug-likeness (QED) is 0.818. The van der Waals surface area contributed by atoms with Crippen molar-refractivity contribution in [3.63, 3.8) is 0 Å². The molecule has 0 spiro atoms. The number of ketones is 1. The number of allylic oxidation sites excluding steroid dienone is 1. The predicted octanol–water partition coefficient (Wildman–Crippen LogP) is 3.48. The van der Waals surface area contributed by atoms with Crippen molar-refractivity contribution in [2.45, 2.75) is 39.7 Å². The summed E-state index contributed by atoms with van der Waals surface area (Å²) in [5.74, 6) is 0.286. The summed E-state index contributed by atoms with van der Waals surface area (Å²) >= 11 is 0. The molecule has 0 aromatic heterocycles. The van der Waals surface area contributed by atoms with Gasteiger partial charge < -0.3 is 5.32 Å². The van der Waals surface area contributed by atoms with Gasteiger partial charge in [-0.1, -0.05) is 49.8 Å². The van der Waals surface area contributed by atoms with Gasteiger partial charge in [0.15, 0.2) is 5.78 Å². The zero-order chi connectivity index (χ0) is 13.7. The van der Waals surface area contributed by atoms with Crippen molar-refractivity contribution in [2.75, 3.05) is 6.54 Å². The first kappa shape index (κ1) is 14.0. The third-order valence-corrected chi connectivity index (χ3v) is 3.52. The van der Waals surface area contributed by atoms with Gasteiger partial charge in [0, 0.05) is 13.0 Å². The third kappa shape index (κ3) is 4.64. The Bertz CT molecular complexity index is 459. The van der Waals surface area contributed by atoms with E-state index in [-0.39, 0.29) is 11.2 Å². The monoisotopic (exact) mass is 257 g/mol. The van der Waals surface area contributed by atoms with Gasteiger partial charge in [-0.15, -0.1) is 0 Å². The van der Waals surface area contributed by atoms with E-state index in [1.54, 1.807) is 0 Å². The van der Waals surface area contributed by atoms with Crippen LogP contribution in [-0.4, -0.2) is 12.3 Å². The molecule has 0 saturated carbocycles. The van der Waals surface area contributed by atoms with Gasteiger partial charge in [0.05, 0.1) is 0 Å². The lowest BCUT2D eigenvalue weighted by molar-refractivity contribution is -0.117. The molecule has 0 saturated heterocycles. The van der Waals surface area contributed by atoms with E-state index in [9.17, 15) is 4.79 Å². The molecule has 2 nitrogen and oxygen atoms in total. The molecule has 102 valence electrons. The number of hydrogen-bond donors (Lipinski definition) is 1.